The van der Waals surface area contributed by atoms with Crippen LogP contribution in [0.25, 0.3) is 0 Å². The van der Waals surface area contributed by atoms with Crippen molar-refractivity contribution in [3.63, 3.8) is 0 Å². The minimum atomic E-state index is 0.718. The van der Waals surface area contributed by atoms with Crippen molar-refractivity contribution in [2.45, 2.75) is 6.92 Å². The first-order valence-electron chi connectivity index (χ1n) is 4.20. The highest BCUT2D eigenvalue weighted by Gasteiger charge is 2.02. The number of hydrogen-bond donors (Lipinski definition) is 0. The third-order valence-electron chi connectivity index (χ3n) is 1.54. The molecule has 0 amide bonds. The van der Waals surface area contributed by atoms with Gasteiger partial charge in [0.2, 0.25) is 0 Å². The topological polar surface area (TPSA) is 12.4 Å². The Bertz CT molecular complexity index is 362. The van der Waals surface area contributed by atoms with E-state index in [0.717, 1.165) is 21.4 Å². The van der Waals surface area contributed by atoms with Crippen LogP contribution in [0.15, 0.2) is 29.3 Å². The summed E-state index contributed by atoms with van der Waals surface area (Å²) in [4.78, 5) is 3.98. The SMILES string of the molecule is C#CN=C(SCC)c1ccc(Cl)cc1. The predicted molar refractivity (Wildman–Crippen MR) is 65.0 cm³/mol. The van der Waals surface area contributed by atoms with E-state index < -0.39 is 0 Å². The minimum absolute atomic E-state index is 0.718. The van der Waals surface area contributed by atoms with E-state index in [0.29, 0.717) is 0 Å². The molecule has 0 saturated carbocycles. The lowest BCUT2D eigenvalue weighted by Crippen LogP contribution is -1.95. The van der Waals surface area contributed by atoms with Gasteiger partial charge >= 0.3 is 0 Å². The van der Waals surface area contributed by atoms with Crippen molar-refractivity contribution in [1.82, 2.24) is 0 Å². The smallest absolute Gasteiger partial charge is 0.114 e. The molecule has 0 aliphatic rings. The van der Waals surface area contributed by atoms with Crippen LogP contribution in [-0.4, -0.2) is 10.8 Å². The maximum atomic E-state index is 5.78. The van der Waals surface area contributed by atoms with Crippen molar-refractivity contribution in [2.24, 2.45) is 4.99 Å². The molecule has 3 heteroatoms. The van der Waals surface area contributed by atoms with Gasteiger partial charge in [-0.3, -0.25) is 0 Å². The molecule has 0 unspecified atom stereocenters. The first-order valence-corrected chi connectivity index (χ1v) is 5.56. The molecule has 1 rings (SSSR count). The van der Waals surface area contributed by atoms with Crippen molar-refractivity contribution in [2.75, 3.05) is 5.75 Å². The van der Waals surface area contributed by atoms with Gasteiger partial charge in [-0.05, 0) is 17.9 Å². The molecule has 0 aromatic heterocycles. The van der Waals surface area contributed by atoms with E-state index in [9.17, 15) is 0 Å². The molecule has 0 radical (unpaired) electrons. The summed E-state index contributed by atoms with van der Waals surface area (Å²) in [5.74, 6) is 0.948. The van der Waals surface area contributed by atoms with E-state index in [1.54, 1.807) is 11.8 Å². The zero-order valence-electron chi connectivity index (χ0n) is 7.83. The van der Waals surface area contributed by atoms with E-state index in [2.05, 4.69) is 18.0 Å². The fourth-order valence-corrected chi connectivity index (χ4v) is 1.79. The van der Waals surface area contributed by atoms with Crippen LogP contribution in [0.4, 0.5) is 0 Å². The van der Waals surface area contributed by atoms with Crippen LogP contribution >= 0.6 is 23.4 Å². The van der Waals surface area contributed by atoms with Crippen LogP contribution in [0.2, 0.25) is 5.02 Å². The lowest BCUT2D eigenvalue weighted by molar-refractivity contribution is 1.53. The molecule has 1 aromatic carbocycles. The Hall–Kier alpha value is -0.910. The summed E-state index contributed by atoms with van der Waals surface area (Å²) in [6, 6.07) is 9.80. The van der Waals surface area contributed by atoms with Crippen LogP contribution in [0.5, 0.6) is 0 Å². The highest BCUT2D eigenvalue weighted by atomic mass is 35.5. The van der Waals surface area contributed by atoms with E-state index in [-0.39, 0.29) is 0 Å². The Balaban J connectivity index is 2.95. The summed E-state index contributed by atoms with van der Waals surface area (Å²) < 4.78 is 0. The molecule has 0 fully saturated rings. The second-order valence-electron chi connectivity index (χ2n) is 2.49. The van der Waals surface area contributed by atoms with Crippen LogP contribution in [0, 0.1) is 12.5 Å². The number of benzene rings is 1. The first kappa shape index (κ1) is 11.2. The molecule has 1 aromatic rings. The van der Waals surface area contributed by atoms with Crippen molar-refractivity contribution in [1.29, 1.82) is 0 Å². The van der Waals surface area contributed by atoms with Gasteiger partial charge in [-0.1, -0.05) is 37.1 Å². The Morgan fingerprint density at radius 3 is 2.64 bits per heavy atom. The highest BCUT2D eigenvalue weighted by Crippen LogP contribution is 2.16. The molecular weight excluding hydrogens is 214 g/mol. The Labute approximate surface area is 93.6 Å². The average molecular weight is 224 g/mol. The fourth-order valence-electron chi connectivity index (χ4n) is 0.968. The molecule has 0 bridgehead atoms. The summed E-state index contributed by atoms with van der Waals surface area (Å²) >= 11 is 7.41. The summed E-state index contributed by atoms with van der Waals surface area (Å²) in [6.07, 6.45) is 5.15. The van der Waals surface area contributed by atoms with Crippen molar-refractivity contribution < 1.29 is 0 Å². The van der Waals surface area contributed by atoms with Gasteiger partial charge in [0.15, 0.2) is 0 Å². The zero-order valence-corrected chi connectivity index (χ0v) is 9.40. The second kappa shape index (κ2) is 5.74. The van der Waals surface area contributed by atoms with Crippen molar-refractivity contribution in [3.05, 3.63) is 34.9 Å². The number of rotatable bonds is 2. The van der Waals surface area contributed by atoms with Gasteiger partial charge in [-0.15, -0.1) is 11.8 Å². The lowest BCUT2D eigenvalue weighted by atomic mass is 10.2. The quantitative estimate of drug-likeness (QED) is 0.425. The van der Waals surface area contributed by atoms with Gasteiger partial charge in [0.25, 0.3) is 0 Å². The van der Waals surface area contributed by atoms with Gasteiger partial charge in [0.05, 0.1) is 0 Å². The molecule has 0 saturated heterocycles. The minimum Gasteiger partial charge on any atom is -0.191 e. The maximum absolute atomic E-state index is 5.78. The van der Waals surface area contributed by atoms with Gasteiger partial charge in [0, 0.05) is 16.6 Å². The van der Waals surface area contributed by atoms with Crippen LogP contribution in [-0.2, 0) is 0 Å². The summed E-state index contributed by atoms with van der Waals surface area (Å²) in [6.45, 7) is 2.06. The molecule has 72 valence electrons. The third kappa shape index (κ3) is 3.10. The molecule has 0 aliphatic carbocycles. The van der Waals surface area contributed by atoms with Gasteiger partial charge in [0.1, 0.15) is 5.04 Å². The van der Waals surface area contributed by atoms with E-state index in [1.807, 2.05) is 24.3 Å². The van der Waals surface area contributed by atoms with Crippen LogP contribution in [0.3, 0.4) is 0 Å². The van der Waals surface area contributed by atoms with Crippen molar-refractivity contribution >= 4 is 28.4 Å². The normalized spacial score (nSPS) is 11.1. The first-order chi connectivity index (χ1) is 6.77. The number of hydrogen-bond acceptors (Lipinski definition) is 2. The monoisotopic (exact) mass is 223 g/mol. The predicted octanol–water partition coefficient (Wildman–Crippen LogP) is 3.43. The van der Waals surface area contributed by atoms with Gasteiger partial charge in [-0.25, -0.2) is 0 Å². The molecule has 0 heterocycles. The summed E-state index contributed by atoms with van der Waals surface area (Å²) in [7, 11) is 0. The maximum Gasteiger partial charge on any atom is 0.114 e. The fraction of sp³-hybridized carbons (Fsp3) is 0.182. The Morgan fingerprint density at radius 2 is 2.14 bits per heavy atom. The number of nitrogens with zero attached hydrogens (tertiary/aromatic N) is 1. The Morgan fingerprint density at radius 1 is 1.50 bits per heavy atom. The molecule has 0 N–H and O–H groups in total. The van der Waals surface area contributed by atoms with E-state index in [4.69, 9.17) is 18.0 Å². The van der Waals surface area contributed by atoms with E-state index in [1.165, 1.54) is 0 Å². The summed E-state index contributed by atoms with van der Waals surface area (Å²) in [5.41, 5.74) is 1.01. The zero-order chi connectivity index (χ0) is 10.4. The van der Waals surface area contributed by atoms with Gasteiger partial charge < -0.3 is 0 Å². The highest BCUT2D eigenvalue weighted by molar-refractivity contribution is 8.14. The molecule has 14 heavy (non-hydrogen) atoms. The van der Waals surface area contributed by atoms with Crippen LogP contribution in [0.1, 0.15) is 12.5 Å². The van der Waals surface area contributed by atoms with Crippen LogP contribution < -0.4 is 0 Å². The number of aliphatic imine (C=N–C) groups is 1. The summed E-state index contributed by atoms with van der Waals surface area (Å²) in [5, 5.41) is 1.59. The number of terminal acetylenes is 1. The Kier molecular flexibility index (Phi) is 4.58. The van der Waals surface area contributed by atoms with Crippen molar-refractivity contribution in [3.8, 4) is 12.5 Å². The van der Waals surface area contributed by atoms with E-state index >= 15 is 0 Å². The number of thioether (sulfide) groups is 1. The second-order valence-corrected chi connectivity index (χ2v) is 4.18. The molecule has 1 nitrogen and oxygen atoms in total. The largest absolute Gasteiger partial charge is 0.191 e. The molecule has 0 spiro atoms. The standard InChI is InChI=1S/C11H10ClNS/c1-3-13-11(14-4-2)9-5-7-10(12)8-6-9/h1,5-8H,4H2,2H3. The van der Waals surface area contributed by atoms with Gasteiger partial charge in [-0.2, -0.15) is 4.99 Å². The lowest BCUT2D eigenvalue weighted by Gasteiger charge is -2.02. The third-order valence-corrected chi connectivity index (χ3v) is 2.68. The molecule has 0 atom stereocenters. The number of halogens is 1. The molecule has 0 aliphatic heterocycles. The molecular formula is C11H10ClNS. The average Bonchev–Trinajstić information content (AvgIpc) is 2.19.